The van der Waals surface area contributed by atoms with Gasteiger partial charge in [-0.2, -0.15) is 5.01 Å². The minimum atomic E-state index is -0.555. The Labute approximate surface area is 93.1 Å². The second-order valence-corrected chi connectivity index (χ2v) is 3.08. The van der Waals surface area contributed by atoms with Crippen molar-refractivity contribution in [1.82, 2.24) is 10.3 Å². The van der Waals surface area contributed by atoms with Gasteiger partial charge < -0.3 is 10.1 Å². The van der Waals surface area contributed by atoms with Crippen molar-refractivity contribution in [2.45, 2.75) is 6.54 Å². The number of para-hydroxylation sites is 1. The van der Waals surface area contributed by atoms with Crippen LogP contribution in [0, 0.1) is 4.91 Å². The Morgan fingerprint density at radius 3 is 2.81 bits per heavy atom. The van der Waals surface area contributed by atoms with Crippen molar-refractivity contribution in [1.29, 1.82) is 0 Å². The van der Waals surface area contributed by atoms with Gasteiger partial charge in [0.1, 0.15) is 5.75 Å². The summed E-state index contributed by atoms with van der Waals surface area (Å²) in [4.78, 5) is 21.3. The Morgan fingerprint density at radius 2 is 2.19 bits per heavy atom. The number of nitrogens with one attached hydrogen (secondary N) is 1. The molecule has 1 rings (SSSR count). The molecule has 86 valence electrons. The van der Waals surface area contributed by atoms with Crippen LogP contribution in [-0.2, 0) is 6.54 Å². The maximum atomic E-state index is 11.2. The molecule has 0 saturated carbocycles. The molecule has 0 unspecified atom stereocenters. The van der Waals surface area contributed by atoms with Crippen molar-refractivity contribution in [2.75, 3.05) is 14.2 Å². The highest BCUT2D eigenvalue weighted by Gasteiger charge is 2.08. The smallest absolute Gasteiger partial charge is 0.340 e. The van der Waals surface area contributed by atoms with Crippen molar-refractivity contribution in [3.63, 3.8) is 0 Å². The third-order valence-corrected chi connectivity index (χ3v) is 2.04. The monoisotopic (exact) mass is 223 g/mol. The van der Waals surface area contributed by atoms with E-state index in [-0.39, 0.29) is 6.54 Å². The summed E-state index contributed by atoms with van der Waals surface area (Å²) in [7, 11) is 2.84. The quantitative estimate of drug-likeness (QED) is 0.621. The van der Waals surface area contributed by atoms with Crippen molar-refractivity contribution in [3.05, 3.63) is 34.7 Å². The van der Waals surface area contributed by atoms with Crippen LogP contribution in [0.3, 0.4) is 0 Å². The molecular formula is C10H13N3O3. The molecule has 1 aromatic rings. The van der Waals surface area contributed by atoms with Gasteiger partial charge in [-0.15, -0.1) is 4.91 Å². The van der Waals surface area contributed by atoms with Crippen LogP contribution in [-0.4, -0.2) is 25.2 Å². The molecular weight excluding hydrogens is 210 g/mol. The highest BCUT2D eigenvalue weighted by Crippen LogP contribution is 2.16. The van der Waals surface area contributed by atoms with Crippen molar-refractivity contribution >= 4 is 6.03 Å². The van der Waals surface area contributed by atoms with E-state index in [0.717, 1.165) is 5.56 Å². The first-order chi connectivity index (χ1) is 7.69. The summed E-state index contributed by atoms with van der Waals surface area (Å²) in [5, 5.41) is 5.71. The van der Waals surface area contributed by atoms with Crippen LogP contribution in [0.2, 0.25) is 0 Å². The van der Waals surface area contributed by atoms with E-state index in [0.29, 0.717) is 10.8 Å². The first kappa shape index (κ1) is 12.0. The zero-order chi connectivity index (χ0) is 12.0. The van der Waals surface area contributed by atoms with Crippen LogP contribution in [0.4, 0.5) is 4.79 Å². The average Bonchev–Trinajstić information content (AvgIpc) is 2.35. The lowest BCUT2D eigenvalue weighted by molar-refractivity contribution is 0.209. The standard InChI is InChI=1S/C10H13N3O3/c1-13(12-15)10(14)11-7-8-5-3-4-6-9(8)16-2/h3-6H,7H2,1-2H3,(H,11,14). The first-order valence-electron chi connectivity index (χ1n) is 4.65. The number of hydrogen-bond donors (Lipinski definition) is 1. The molecule has 2 amide bonds. The Balaban J connectivity index is 2.60. The first-order valence-corrected chi connectivity index (χ1v) is 4.65. The molecule has 1 N–H and O–H groups in total. The number of rotatable bonds is 4. The third-order valence-electron chi connectivity index (χ3n) is 2.04. The predicted octanol–water partition coefficient (Wildman–Crippen LogP) is 1.52. The maximum absolute atomic E-state index is 11.2. The number of nitroso groups, excluding NO2 is 1. The summed E-state index contributed by atoms with van der Waals surface area (Å²) in [5.41, 5.74) is 0.831. The Bertz CT molecular complexity index is 381. The van der Waals surface area contributed by atoms with Crippen LogP contribution >= 0.6 is 0 Å². The van der Waals surface area contributed by atoms with E-state index >= 15 is 0 Å². The third kappa shape index (κ3) is 2.94. The molecule has 0 aliphatic carbocycles. The molecule has 0 heterocycles. The summed E-state index contributed by atoms with van der Waals surface area (Å²) in [6.45, 7) is 0.280. The van der Waals surface area contributed by atoms with Gasteiger partial charge in [-0.3, -0.25) is 0 Å². The number of urea groups is 1. The number of methoxy groups -OCH3 is 1. The van der Waals surface area contributed by atoms with Crippen LogP contribution in [0.5, 0.6) is 5.75 Å². The van der Waals surface area contributed by atoms with E-state index < -0.39 is 6.03 Å². The van der Waals surface area contributed by atoms with Gasteiger partial charge in [0.05, 0.1) is 12.4 Å². The molecule has 0 aliphatic heterocycles. The van der Waals surface area contributed by atoms with E-state index in [2.05, 4.69) is 10.6 Å². The molecule has 0 radical (unpaired) electrons. The molecule has 0 spiro atoms. The van der Waals surface area contributed by atoms with Crippen LogP contribution in [0.25, 0.3) is 0 Å². The number of benzene rings is 1. The molecule has 6 heteroatoms. The topological polar surface area (TPSA) is 71.0 Å². The zero-order valence-corrected chi connectivity index (χ0v) is 9.14. The zero-order valence-electron chi connectivity index (χ0n) is 9.14. The van der Waals surface area contributed by atoms with E-state index in [1.54, 1.807) is 13.2 Å². The highest BCUT2D eigenvalue weighted by atomic mass is 16.5. The molecule has 0 bridgehead atoms. The number of nitrogens with zero attached hydrogens (tertiary/aromatic N) is 2. The highest BCUT2D eigenvalue weighted by molar-refractivity contribution is 5.73. The summed E-state index contributed by atoms with van der Waals surface area (Å²) >= 11 is 0. The predicted molar refractivity (Wildman–Crippen MR) is 58.8 cm³/mol. The molecule has 0 atom stereocenters. The van der Waals surface area contributed by atoms with Crippen LogP contribution in [0.1, 0.15) is 5.56 Å². The van der Waals surface area contributed by atoms with Gasteiger partial charge in [-0.05, 0) is 6.07 Å². The normalized spacial score (nSPS) is 9.38. The van der Waals surface area contributed by atoms with Crippen LogP contribution in [0.15, 0.2) is 29.6 Å². The molecule has 0 saturated heterocycles. The summed E-state index contributed by atoms with van der Waals surface area (Å²) < 4.78 is 5.11. The Morgan fingerprint density at radius 1 is 1.50 bits per heavy atom. The Hall–Kier alpha value is -2.11. The van der Waals surface area contributed by atoms with Gasteiger partial charge in [0.15, 0.2) is 0 Å². The second kappa shape index (κ2) is 5.69. The van der Waals surface area contributed by atoms with Gasteiger partial charge >= 0.3 is 6.03 Å². The second-order valence-electron chi connectivity index (χ2n) is 3.08. The van der Waals surface area contributed by atoms with Crippen molar-refractivity contribution in [3.8, 4) is 5.75 Å². The average molecular weight is 223 g/mol. The minimum Gasteiger partial charge on any atom is -0.496 e. The number of amides is 2. The number of hydrogen-bond acceptors (Lipinski definition) is 4. The van der Waals surface area contributed by atoms with E-state index in [1.165, 1.54) is 7.05 Å². The Kier molecular flexibility index (Phi) is 4.26. The molecule has 0 aromatic heterocycles. The molecule has 1 aromatic carbocycles. The number of carbonyl (C=O) groups is 1. The fraction of sp³-hybridized carbons (Fsp3) is 0.300. The van der Waals surface area contributed by atoms with Gasteiger partial charge in [0, 0.05) is 19.2 Å². The summed E-state index contributed by atoms with van der Waals surface area (Å²) in [6, 6.07) is 6.74. The lowest BCUT2D eigenvalue weighted by atomic mass is 10.2. The van der Waals surface area contributed by atoms with Gasteiger partial charge in [-0.1, -0.05) is 18.2 Å². The lowest BCUT2D eigenvalue weighted by Gasteiger charge is -2.11. The van der Waals surface area contributed by atoms with E-state index in [9.17, 15) is 9.70 Å². The lowest BCUT2D eigenvalue weighted by Crippen LogP contribution is -2.33. The molecule has 0 fully saturated rings. The van der Waals surface area contributed by atoms with E-state index in [1.807, 2.05) is 18.2 Å². The fourth-order valence-corrected chi connectivity index (χ4v) is 1.17. The van der Waals surface area contributed by atoms with Gasteiger partial charge in [0.2, 0.25) is 0 Å². The molecule has 6 nitrogen and oxygen atoms in total. The summed E-state index contributed by atoms with van der Waals surface area (Å²) in [5.74, 6) is 0.685. The SMILES string of the molecule is COc1ccccc1CNC(=O)N(C)N=O. The minimum absolute atomic E-state index is 0.280. The van der Waals surface area contributed by atoms with E-state index in [4.69, 9.17) is 4.74 Å². The van der Waals surface area contributed by atoms with Gasteiger partial charge in [0.25, 0.3) is 0 Å². The fourth-order valence-electron chi connectivity index (χ4n) is 1.17. The summed E-state index contributed by atoms with van der Waals surface area (Å²) in [6.07, 6.45) is 0. The van der Waals surface area contributed by atoms with Crippen molar-refractivity contribution < 1.29 is 9.53 Å². The van der Waals surface area contributed by atoms with Crippen LogP contribution < -0.4 is 10.1 Å². The number of carbonyl (C=O) groups excluding carboxylic acids is 1. The maximum Gasteiger partial charge on any atom is 0.340 e. The largest absolute Gasteiger partial charge is 0.496 e. The molecule has 16 heavy (non-hydrogen) atoms. The van der Waals surface area contributed by atoms with Crippen molar-refractivity contribution in [2.24, 2.45) is 5.29 Å². The molecule has 0 aliphatic rings. The number of ether oxygens (including phenoxy) is 1. The van der Waals surface area contributed by atoms with Gasteiger partial charge in [-0.25, -0.2) is 4.79 Å².